The first kappa shape index (κ1) is 15.4. The molecule has 0 aromatic carbocycles. The molecule has 2 rings (SSSR count). The molecule has 4 nitrogen and oxygen atoms in total. The Labute approximate surface area is 126 Å². The molecule has 5 heteroatoms. The van der Waals surface area contributed by atoms with Crippen molar-refractivity contribution in [1.82, 2.24) is 9.80 Å². The molecule has 0 bridgehead atoms. The van der Waals surface area contributed by atoms with E-state index in [1.165, 1.54) is 17.3 Å². The Morgan fingerprint density at radius 2 is 2.15 bits per heavy atom. The fourth-order valence-electron chi connectivity index (χ4n) is 2.22. The standard InChI is InChI=1S/C15H25N3OS/c1-13-6-7-14(19-13)12-18(10-5-9-17(2)3)15-16-8-4-11-20-15/h6-7H,4-5,8-12H2,1-3H3. The highest BCUT2D eigenvalue weighted by Gasteiger charge is 2.16. The number of thioether (sulfide) groups is 1. The summed E-state index contributed by atoms with van der Waals surface area (Å²) < 4.78 is 5.72. The zero-order chi connectivity index (χ0) is 14.4. The second-order valence-electron chi connectivity index (χ2n) is 5.46. The summed E-state index contributed by atoms with van der Waals surface area (Å²) in [5.41, 5.74) is 0. The Morgan fingerprint density at radius 1 is 1.30 bits per heavy atom. The van der Waals surface area contributed by atoms with Crippen LogP contribution in [0.4, 0.5) is 0 Å². The molecule has 0 spiro atoms. The lowest BCUT2D eigenvalue weighted by molar-refractivity contribution is 0.324. The van der Waals surface area contributed by atoms with Gasteiger partial charge in [-0.1, -0.05) is 11.8 Å². The minimum Gasteiger partial charge on any atom is -0.464 e. The third-order valence-electron chi connectivity index (χ3n) is 3.23. The van der Waals surface area contributed by atoms with Crippen molar-refractivity contribution < 1.29 is 4.42 Å². The lowest BCUT2D eigenvalue weighted by Crippen LogP contribution is -2.32. The molecule has 0 fully saturated rings. The molecule has 0 unspecified atom stereocenters. The van der Waals surface area contributed by atoms with E-state index in [0.29, 0.717) is 0 Å². The summed E-state index contributed by atoms with van der Waals surface area (Å²) in [5, 5.41) is 1.18. The second-order valence-corrected chi connectivity index (χ2v) is 6.52. The molecule has 0 radical (unpaired) electrons. The van der Waals surface area contributed by atoms with Crippen LogP contribution in [0.25, 0.3) is 0 Å². The highest BCUT2D eigenvalue weighted by molar-refractivity contribution is 8.13. The van der Waals surface area contributed by atoms with Gasteiger partial charge in [-0.05, 0) is 52.5 Å². The first-order valence-corrected chi connectivity index (χ1v) is 8.26. The number of amidine groups is 1. The molecule has 0 saturated carbocycles. The molecule has 0 N–H and O–H groups in total. The number of hydrogen-bond acceptors (Lipinski definition) is 5. The van der Waals surface area contributed by atoms with Gasteiger partial charge in [0, 0.05) is 18.8 Å². The van der Waals surface area contributed by atoms with E-state index in [0.717, 1.165) is 44.1 Å². The summed E-state index contributed by atoms with van der Waals surface area (Å²) >= 11 is 1.88. The van der Waals surface area contributed by atoms with Crippen LogP contribution in [0.5, 0.6) is 0 Å². The van der Waals surface area contributed by atoms with Crippen molar-refractivity contribution in [2.24, 2.45) is 4.99 Å². The van der Waals surface area contributed by atoms with Gasteiger partial charge in [0.1, 0.15) is 11.5 Å². The van der Waals surface area contributed by atoms with Gasteiger partial charge in [-0.3, -0.25) is 4.99 Å². The van der Waals surface area contributed by atoms with Gasteiger partial charge < -0.3 is 14.2 Å². The molecule has 1 aromatic heterocycles. The maximum Gasteiger partial charge on any atom is 0.159 e. The molecule has 0 saturated heterocycles. The molecule has 0 aliphatic carbocycles. The van der Waals surface area contributed by atoms with Crippen molar-refractivity contribution in [3.05, 3.63) is 23.7 Å². The molecular formula is C15H25N3OS. The maximum absolute atomic E-state index is 5.72. The molecule has 112 valence electrons. The molecule has 2 heterocycles. The monoisotopic (exact) mass is 295 g/mol. The predicted octanol–water partition coefficient (Wildman–Crippen LogP) is 2.83. The van der Waals surface area contributed by atoms with Crippen LogP contribution < -0.4 is 0 Å². The lowest BCUT2D eigenvalue weighted by atomic mass is 10.3. The largest absolute Gasteiger partial charge is 0.464 e. The zero-order valence-corrected chi connectivity index (χ0v) is 13.6. The molecule has 20 heavy (non-hydrogen) atoms. The van der Waals surface area contributed by atoms with Gasteiger partial charge in [-0.2, -0.15) is 0 Å². The third kappa shape index (κ3) is 4.87. The summed E-state index contributed by atoms with van der Waals surface area (Å²) in [6.45, 7) is 5.92. The van der Waals surface area contributed by atoms with E-state index in [1.54, 1.807) is 0 Å². The Kier molecular flexibility index (Phi) is 5.98. The highest BCUT2D eigenvalue weighted by Crippen LogP contribution is 2.19. The SMILES string of the molecule is Cc1ccc(CN(CCCN(C)C)C2=NCCCS2)o1. The smallest absolute Gasteiger partial charge is 0.159 e. The molecule has 0 amide bonds. The number of hydrogen-bond donors (Lipinski definition) is 0. The van der Waals surface area contributed by atoms with E-state index in [4.69, 9.17) is 4.42 Å². The van der Waals surface area contributed by atoms with Crippen molar-refractivity contribution in [3.8, 4) is 0 Å². The lowest BCUT2D eigenvalue weighted by Gasteiger charge is -2.27. The fourth-order valence-corrected chi connectivity index (χ4v) is 3.19. The van der Waals surface area contributed by atoms with Crippen LogP contribution >= 0.6 is 11.8 Å². The summed E-state index contributed by atoms with van der Waals surface area (Å²) in [6.07, 6.45) is 2.34. The fraction of sp³-hybridized carbons (Fsp3) is 0.667. The molecule has 1 aliphatic rings. The zero-order valence-electron chi connectivity index (χ0n) is 12.8. The van der Waals surface area contributed by atoms with Crippen LogP contribution in [-0.2, 0) is 6.54 Å². The molecule has 1 aromatic rings. The Hall–Kier alpha value is -0.940. The third-order valence-corrected chi connectivity index (χ3v) is 4.37. The van der Waals surface area contributed by atoms with Crippen LogP contribution in [0.2, 0.25) is 0 Å². The molecular weight excluding hydrogens is 270 g/mol. The minimum absolute atomic E-state index is 0.826. The van der Waals surface area contributed by atoms with Gasteiger partial charge >= 0.3 is 0 Å². The van der Waals surface area contributed by atoms with E-state index >= 15 is 0 Å². The Morgan fingerprint density at radius 3 is 2.75 bits per heavy atom. The minimum atomic E-state index is 0.826. The Bertz CT molecular complexity index is 442. The number of aliphatic imine (C=N–C) groups is 1. The van der Waals surface area contributed by atoms with E-state index in [-0.39, 0.29) is 0 Å². The molecule has 0 atom stereocenters. The van der Waals surface area contributed by atoms with Crippen LogP contribution in [0.1, 0.15) is 24.4 Å². The van der Waals surface area contributed by atoms with Crippen molar-refractivity contribution >= 4 is 16.9 Å². The van der Waals surface area contributed by atoms with Crippen molar-refractivity contribution in [2.75, 3.05) is 39.5 Å². The van der Waals surface area contributed by atoms with E-state index in [9.17, 15) is 0 Å². The number of aryl methyl sites for hydroxylation is 1. The van der Waals surface area contributed by atoms with E-state index in [1.807, 2.05) is 24.8 Å². The van der Waals surface area contributed by atoms with Crippen LogP contribution in [-0.4, -0.2) is 54.4 Å². The van der Waals surface area contributed by atoms with Gasteiger partial charge in [0.25, 0.3) is 0 Å². The van der Waals surface area contributed by atoms with Gasteiger partial charge in [0.05, 0.1) is 6.54 Å². The van der Waals surface area contributed by atoms with Gasteiger partial charge in [0.2, 0.25) is 0 Å². The number of furan rings is 1. The first-order chi connectivity index (χ1) is 9.65. The summed E-state index contributed by atoms with van der Waals surface area (Å²) in [4.78, 5) is 9.27. The summed E-state index contributed by atoms with van der Waals surface area (Å²) in [6, 6.07) is 4.10. The second kappa shape index (κ2) is 7.74. The number of rotatable bonds is 6. The van der Waals surface area contributed by atoms with Gasteiger partial charge in [-0.15, -0.1) is 0 Å². The maximum atomic E-state index is 5.72. The van der Waals surface area contributed by atoms with Gasteiger partial charge in [-0.25, -0.2) is 0 Å². The van der Waals surface area contributed by atoms with E-state index < -0.39 is 0 Å². The van der Waals surface area contributed by atoms with Crippen LogP contribution in [0, 0.1) is 6.92 Å². The van der Waals surface area contributed by atoms with Crippen LogP contribution in [0.3, 0.4) is 0 Å². The van der Waals surface area contributed by atoms with Gasteiger partial charge in [0.15, 0.2) is 5.17 Å². The normalized spacial score (nSPS) is 15.5. The average Bonchev–Trinajstić information content (AvgIpc) is 2.84. The van der Waals surface area contributed by atoms with Crippen molar-refractivity contribution in [3.63, 3.8) is 0 Å². The summed E-state index contributed by atoms with van der Waals surface area (Å²) in [7, 11) is 4.24. The van der Waals surface area contributed by atoms with Crippen LogP contribution in [0.15, 0.2) is 21.5 Å². The van der Waals surface area contributed by atoms with Crippen molar-refractivity contribution in [1.29, 1.82) is 0 Å². The van der Waals surface area contributed by atoms with E-state index in [2.05, 4.69) is 35.0 Å². The quantitative estimate of drug-likeness (QED) is 0.808. The topological polar surface area (TPSA) is 32.0 Å². The molecule has 1 aliphatic heterocycles. The first-order valence-electron chi connectivity index (χ1n) is 7.27. The van der Waals surface area contributed by atoms with Crippen molar-refractivity contribution in [2.45, 2.75) is 26.3 Å². The Balaban J connectivity index is 1.97. The predicted molar refractivity (Wildman–Crippen MR) is 86.4 cm³/mol. The summed E-state index contributed by atoms with van der Waals surface area (Å²) in [5.74, 6) is 3.19. The highest BCUT2D eigenvalue weighted by atomic mass is 32.2. The average molecular weight is 295 g/mol. The number of nitrogens with zero attached hydrogens (tertiary/aromatic N) is 3.